The van der Waals surface area contributed by atoms with Gasteiger partial charge in [-0.15, -0.1) is 0 Å². The van der Waals surface area contributed by atoms with Crippen LogP contribution in [-0.4, -0.2) is 47.8 Å². The molecule has 2 saturated heterocycles. The first-order valence-corrected chi connectivity index (χ1v) is 9.04. The van der Waals surface area contributed by atoms with Crippen LogP contribution in [0, 0.1) is 0 Å². The van der Waals surface area contributed by atoms with Gasteiger partial charge in [0.2, 0.25) is 11.7 Å². The summed E-state index contributed by atoms with van der Waals surface area (Å²) in [6.07, 6.45) is 2.98. The molecule has 0 radical (unpaired) electrons. The molecule has 2 fully saturated rings. The Balaban J connectivity index is 1.55. The van der Waals surface area contributed by atoms with Gasteiger partial charge >= 0.3 is 0 Å². The number of carbonyl (C=O) groups is 1. The maximum absolute atomic E-state index is 11.8. The standard InChI is InChI=1S/C19H23N3O4/c1-24-19(7-10-25-11-8-19)18-20-17(21-26-18)15-5-2-4-14(12-15)13-22-9-3-6-16(22)23/h2,4-5,12H,3,6-11,13H2,1H3. The summed E-state index contributed by atoms with van der Waals surface area (Å²) in [5, 5.41) is 4.16. The normalized spacial score (nSPS) is 19.9. The fourth-order valence-corrected chi connectivity index (χ4v) is 3.63. The van der Waals surface area contributed by atoms with E-state index in [1.165, 1.54) is 0 Å². The highest BCUT2D eigenvalue weighted by molar-refractivity contribution is 5.78. The lowest BCUT2D eigenvalue weighted by Crippen LogP contribution is -2.35. The van der Waals surface area contributed by atoms with Crippen LogP contribution in [0.2, 0.25) is 0 Å². The fourth-order valence-electron chi connectivity index (χ4n) is 3.63. The summed E-state index contributed by atoms with van der Waals surface area (Å²) < 4.78 is 16.7. The third-order valence-electron chi connectivity index (χ3n) is 5.24. The summed E-state index contributed by atoms with van der Waals surface area (Å²) in [6, 6.07) is 7.95. The van der Waals surface area contributed by atoms with Gasteiger partial charge in [-0.05, 0) is 18.1 Å². The second-order valence-electron chi connectivity index (χ2n) is 6.85. The first-order chi connectivity index (χ1) is 12.7. The van der Waals surface area contributed by atoms with Crippen LogP contribution >= 0.6 is 0 Å². The number of rotatable bonds is 5. The van der Waals surface area contributed by atoms with E-state index in [9.17, 15) is 4.79 Å². The van der Waals surface area contributed by atoms with Gasteiger partial charge in [-0.3, -0.25) is 4.79 Å². The minimum atomic E-state index is -0.566. The summed E-state index contributed by atoms with van der Waals surface area (Å²) in [6.45, 7) is 2.68. The molecule has 0 unspecified atom stereocenters. The molecule has 7 heteroatoms. The highest BCUT2D eigenvalue weighted by atomic mass is 16.5. The van der Waals surface area contributed by atoms with E-state index >= 15 is 0 Å². The molecule has 1 aromatic carbocycles. The van der Waals surface area contributed by atoms with Gasteiger partial charge in [-0.25, -0.2) is 0 Å². The van der Waals surface area contributed by atoms with Crippen molar-refractivity contribution < 1.29 is 18.8 Å². The van der Waals surface area contributed by atoms with E-state index < -0.39 is 5.60 Å². The minimum absolute atomic E-state index is 0.221. The molecule has 0 atom stereocenters. The van der Waals surface area contributed by atoms with Crippen LogP contribution in [0.1, 0.15) is 37.1 Å². The van der Waals surface area contributed by atoms with Gasteiger partial charge in [0.25, 0.3) is 5.89 Å². The number of methoxy groups -OCH3 is 1. The van der Waals surface area contributed by atoms with Gasteiger partial charge in [0.15, 0.2) is 5.60 Å². The highest BCUT2D eigenvalue weighted by Crippen LogP contribution is 2.35. The lowest BCUT2D eigenvalue weighted by Gasteiger charge is -2.32. The highest BCUT2D eigenvalue weighted by Gasteiger charge is 2.40. The van der Waals surface area contributed by atoms with Gasteiger partial charge in [-0.2, -0.15) is 4.98 Å². The van der Waals surface area contributed by atoms with E-state index in [1.54, 1.807) is 7.11 Å². The van der Waals surface area contributed by atoms with E-state index in [1.807, 2.05) is 29.2 Å². The average Bonchev–Trinajstić information content (AvgIpc) is 3.33. The van der Waals surface area contributed by atoms with Gasteiger partial charge < -0.3 is 18.9 Å². The van der Waals surface area contributed by atoms with Crippen molar-refractivity contribution in [2.24, 2.45) is 0 Å². The molecule has 7 nitrogen and oxygen atoms in total. The van der Waals surface area contributed by atoms with Crippen LogP contribution in [0.3, 0.4) is 0 Å². The van der Waals surface area contributed by atoms with E-state index in [2.05, 4.69) is 10.1 Å². The minimum Gasteiger partial charge on any atom is -0.381 e. The molecule has 2 aliphatic rings. The molecule has 4 rings (SSSR count). The molecular weight excluding hydrogens is 334 g/mol. The van der Waals surface area contributed by atoms with Gasteiger partial charge in [0, 0.05) is 58.2 Å². The van der Waals surface area contributed by atoms with Crippen molar-refractivity contribution in [3.63, 3.8) is 0 Å². The predicted molar refractivity (Wildman–Crippen MR) is 93.1 cm³/mol. The van der Waals surface area contributed by atoms with Crippen molar-refractivity contribution in [1.29, 1.82) is 0 Å². The van der Waals surface area contributed by atoms with Crippen LogP contribution in [0.25, 0.3) is 11.4 Å². The number of benzene rings is 1. The summed E-state index contributed by atoms with van der Waals surface area (Å²) in [5.41, 5.74) is 1.38. The largest absolute Gasteiger partial charge is 0.381 e. The Morgan fingerprint density at radius 3 is 2.88 bits per heavy atom. The van der Waals surface area contributed by atoms with Gasteiger partial charge in [0.1, 0.15) is 0 Å². The molecule has 2 aromatic rings. The van der Waals surface area contributed by atoms with Crippen LogP contribution in [0.4, 0.5) is 0 Å². The van der Waals surface area contributed by atoms with Crippen LogP contribution < -0.4 is 0 Å². The molecule has 0 spiro atoms. The summed E-state index contributed by atoms with van der Waals surface area (Å²) in [4.78, 5) is 18.3. The first-order valence-electron chi connectivity index (χ1n) is 9.04. The zero-order valence-corrected chi connectivity index (χ0v) is 14.9. The molecule has 26 heavy (non-hydrogen) atoms. The number of likely N-dealkylation sites (tertiary alicyclic amines) is 1. The molecule has 0 aliphatic carbocycles. The number of hydrogen-bond donors (Lipinski definition) is 0. The van der Waals surface area contributed by atoms with Gasteiger partial charge in [0.05, 0.1) is 0 Å². The number of hydrogen-bond acceptors (Lipinski definition) is 6. The molecule has 0 saturated carbocycles. The molecule has 3 heterocycles. The Kier molecular flexibility index (Phi) is 4.74. The molecule has 0 N–H and O–H groups in total. The van der Waals surface area contributed by atoms with Crippen molar-refractivity contribution in [3.8, 4) is 11.4 Å². The van der Waals surface area contributed by atoms with E-state index in [-0.39, 0.29) is 5.91 Å². The Bertz CT molecular complexity index is 783. The Morgan fingerprint density at radius 1 is 1.31 bits per heavy atom. The van der Waals surface area contributed by atoms with Crippen LogP contribution in [-0.2, 0) is 26.4 Å². The maximum atomic E-state index is 11.8. The Hall–Kier alpha value is -2.25. The van der Waals surface area contributed by atoms with Crippen LogP contribution in [0.15, 0.2) is 28.8 Å². The van der Waals surface area contributed by atoms with Crippen molar-refractivity contribution in [1.82, 2.24) is 15.0 Å². The molecular formula is C19H23N3O4. The molecule has 1 amide bonds. The fraction of sp³-hybridized carbons (Fsp3) is 0.526. The zero-order chi connectivity index (χ0) is 18.0. The summed E-state index contributed by atoms with van der Waals surface area (Å²) in [7, 11) is 1.67. The summed E-state index contributed by atoms with van der Waals surface area (Å²) >= 11 is 0. The van der Waals surface area contributed by atoms with Crippen molar-refractivity contribution in [3.05, 3.63) is 35.7 Å². The molecule has 138 valence electrons. The van der Waals surface area contributed by atoms with Crippen molar-refractivity contribution in [2.75, 3.05) is 26.9 Å². The number of carbonyl (C=O) groups excluding carboxylic acids is 1. The smallest absolute Gasteiger partial charge is 0.259 e. The number of amides is 1. The SMILES string of the molecule is COC1(c2nc(-c3cccc(CN4CCCC4=O)c3)no2)CCOCC1. The lowest BCUT2D eigenvalue weighted by molar-refractivity contribution is -0.128. The van der Waals surface area contributed by atoms with E-state index in [4.69, 9.17) is 14.0 Å². The molecule has 0 bridgehead atoms. The maximum Gasteiger partial charge on any atom is 0.259 e. The Morgan fingerprint density at radius 2 is 2.15 bits per heavy atom. The lowest BCUT2D eigenvalue weighted by atomic mass is 9.94. The third-order valence-corrected chi connectivity index (χ3v) is 5.24. The quantitative estimate of drug-likeness (QED) is 0.818. The second kappa shape index (κ2) is 7.17. The third kappa shape index (κ3) is 3.24. The van der Waals surface area contributed by atoms with Gasteiger partial charge in [-0.1, -0.05) is 23.4 Å². The summed E-state index contributed by atoms with van der Waals surface area (Å²) in [5.74, 6) is 1.26. The predicted octanol–water partition coefficient (Wildman–Crippen LogP) is 2.51. The van der Waals surface area contributed by atoms with E-state index in [0.29, 0.717) is 50.7 Å². The van der Waals surface area contributed by atoms with Crippen LogP contribution in [0.5, 0.6) is 0 Å². The number of ether oxygens (including phenoxy) is 2. The number of aromatic nitrogens is 2. The van der Waals surface area contributed by atoms with E-state index in [0.717, 1.165) is 24.1 Å². The topological polar surface area (TPSA) is 77.7 Å². The molecule has 2 aliphatic heterocycles. The second-order valence-corrected chi connectivity index (χ2v) is 6.85. The van der Waals surface area contributed by atoms with Crippen molar-refractivity contribution in [2.45, 2.75) is 37.8 Å². The average molecular weight is 357 g/mol. The Labute approximate surface area is 152 Å². The monoisotopic (exact) mass is 357 g/mol. The first kappa shape index (κ1) is 17.2. The van der Waals surface area contributed by atoms with Crippen molar-refractivity contribution >= 4 is 5.91 Å². The zero-order valence-electron chi connectivity index (χ0n) is 14.9. The molecule has 1 aromatic heterocycles. The number of nitrogens with zero attached hydrogens (tertiary/aromatic N) is 3.